The lowest BCUT2D eigenvalue weighted by atomic mass is 10.0. The first kappa shape index (κ1) is 12.2. The van der Waals surface area contributed by atoms with Gasteiger partial charge in [0, 0.05) is 12.0 Å². The van der Waals surface area contributed by atoms with Gasteiger partial charge in [0.25, 0.3) is 0 Å². The minimum atomic E-state index is -0.495. The molecule has 2 fully saturated rings. The topological polar surface area (TPSA) is 45.4 Å². The fourth-order valence-corrected chi connectivity index (χ4v) is 2.97. The van der Waals surface area contributed by atoms with Crippen LogP contribution in [0, 0.1) is 5.92 Å². The Hall–Kier alpha value is -0.800. The Bertz CT molecular complexity index is 393. The van der Waals surface area contributed by atoms with E-state index in [1.807, 2.05) is 12.1 Å². The van der Waals surface area contributed by atoms with Crippen LogP contribution in [0.5, 0.6) is 0 Å². The maximum absolute atomic E-state index is 10.4. The van der Waals surface area contributed by atoms with E-state index in [0.717, 1.165) is 30.4 Å². The summed E-state index contributed by atoms with van der Waals surface area (Å²) in [5, 5.41) is 13.8. The molecular formula is C15H23NO2. The van der Waals surface area contributed by atoms with Gasteiger partial charge in [0.2, 0.25) is 0 Å². The minimum Gasteiger partial charge on any atom is -0.463 e. The molecule has 0 amide bonds. The number of hydrogen-bond donors (Lipinski definition) is 2. The molecule has 4 unspecified atom stereocenters. The SMILES string of the molecule is CC1CC1c1ccc(C(O)C2CCCCCN2)o1. The number of aliphatic hydroxyl groups excluding tert-OH is 1. The van der Waals surface area contributed by atoms with E-state index in [1.165, 1.54) is 25.7 Å². The fraction of sp³-hybridized carbons (Fsp3) is 0.733. The smallest absolute Gasteiger partial charge is 0.134 e. The molecule has 1 saturated carbocycles. The van der Waals surface area contributed by atoms with Crippen molar-refractivity contribution in [2.45, 2.75) is 57.1 Å². The fourth-order valence-electron chi connectivity index (χ4n) is 2.97. The van der Waals surface area contributed by atoms with Crippen LogP contribution >= 0.6 is 0 Å². The van der Waals surface area contributed by atoms with Crippen LogP contribution in [0.1, 0.15) is 62.6 Å². The van der Waals surface area contributed by atoms with Gasteiger partial charge in [0.05, 0.1) is 0 Å². The molecule has 18 heavy (non-hydrogen) atoms. The van der Waals surface area contributed by atoms with Crippen LogP contribution in [0.25, 0.3) is 0 Å². The molecule has 4 atom stereocenters. The quantitative estimate of drug-likeness (QED) is 0.865. The molecule has 1 aromatic heterocycles. The Morgan fingerprint density at radius 2 is 2.17 bits per heavy atom. The Balaban J connectivity index is 1.67. The van der Waals surface area contributed by atoms with Gasteiger partial charge in [-0.2, -0.15) is 0 Å². The van der Waals surface area contributed by atoms with Gasteiger partial charge >= 0.3 is 0 Å². The first-order valence-electron chi connectivity index (χ1n) is 7.27. The van der Waals surface area contributed by atoms with Gasteiger partial charge in [-0.15, -0.1) is 0 Å². The first-order chi connectivity index (χ1) is 8.75. The second kappa shape index (κ2) is 5.06. The highest BCUT2D eigenvalue weighted by atomic mass is 16.4. The van der Waals surface area contributed by atoms with Gasteiger partial charge in [-0.1, -0.05) is 19.8 Å². The summed E-state index contributed by atoms with van der Waals surface area (Å²) in [6, 6.07) is 4.16. The molecule has 0 radical (unpaired) electrons. The highest BCUT2D eigenvalue weighted by Gasteiger charge is 2.37. The van der Waals surface area contributed by atoms with Crippen molar-refractivity contribution < 1.29 is 9.52 Å². The molecule has 0 spiro atoms. The molecule has 3 nitrogen and oxygen atoms in total. The molecule has 3 heteroatoms. The first-order valence-corrected chi connectivity index (χ1v) is 7.27. The summed E-state index contributed by atoms with van der Waals surface area (Å²) in [7, 11) is 0. The summed E-state index contributed by atoms with van der Waals surface area (Å²) in [5.74, 6) is 3.14. The third-order valence-electron chi connectivity index (χ3n) is 4.39. The zero-order valence-electron chi connectivity index (χ0n) is 11.1. The Labute approximate surface area is 109 Å². The van der Waals surface area contributed by atoms with Crippen molar-refractivity contribution in [2.75, 3.05) is 6.54 Å². The van der Waals surface area contributed by atoms with Crippen LogP contribution in [0.3, 0.4) is 0 Å². The second-order valence-corrected chi connectivity index (χ2v) is 5.91. The summed E-state index contributed by atoms with van der Waals surface area (Å²) in [6.45, 7) is 3.26. The number of hydrogen-bond acceptors (Lipinski definition) is 3. The van der Waals surface area contributed by atoms with Crippen LogP contribution in [0.4, 0.5) is 0 Å². The van der Waals surface area contributed by atoms with Crippen molar-refractivity contribution in [1.29, 1.82) is 0 Å². The molecule has 100 valence electrons. The van der Waals surface area contributed by atoms with Crippen LogP contribution in [-0.4, -0.2) is 17.7 Å². The monoisotopic (exact) mass is 249 g/mol. The number of nitrogens with one attached hydrogen (secondary N) is 1. The summed E-state index contributed by atoms with van der Waals surface area (Å²) in [6.07, 6.45) is 5.45. The molecule has 1 saturated heterocycles. The zero-order valence-corrected chi connectivity index (χ0v) is 11.1. The zero-order chi connectivity index (χ0) is 12.5. The Morgan fingerprint density at radius 1 is 1.33 bits per heavy atom. The van der Waals surface area contributed by atoms with E-state index in [9.17, 15) is 5.11 Å². The third-order valence-corrected chi connectivity index (χ3v) is 4.39. The number of furan rings is 1. The van der Waals surface area contributed by atoms with E-state index >= 15 is 0 Å². The van der Waals surface area contributed by atoms with E-state index in [4.69, 9.17) is 4.42 Å². The summed E-state index contributed by atoms with van der Waals surface area (Å²) >= 11 is 0. The van der Waals surface area contributed by atoms with Crippen molar-refractivity contribution in [3.05, 3.63) is 23.7 Å². The Morgan fingerprint density at radius 3 is 2.94 bits per heavy atom. The van der Waals surface area contributed by atoms with Crippen molar-refractivity contribution >= 4 is 0 Å². The lowest BCUT2D eigenvalue weighted by molar-refractivity contribution is 0.102. The molecule has 1 aliphatic heterocycles. The van der Waals surface area contributed by atoms with E-state index in [1.54, 1.807) is 0 Å². The van der Waals surface area contributed by atoms with Crippen LogP contribution in [-0.2, 0) is 0 Å². The molecule has 0 bridgehead atoms. The largest absolute Gasteiger partial charge is 0.463 e. The lowest BCUT2D eigenvalue weighted by Gasteiger charge is -2.20. The van der Waals surface area contributed by atoms with Gasteiger partial charge in [-0.3, -0.25) is 0 Å². The third kappa shape index (κ3) is 2.47. The minimum absolute atomic E-state index is 0.156. The summed E-state index contributed by atoms with van der Waals surface area (Å²) < 4.78 is 5.84. The van der Waals surface area contributed by atoms with E-state index in [2.05, 4.69) is 12.2 Å². The highest BCUT2D eigenvalue weighted by Crippen LogP contribution is 2.47. The maximum atomic E-state index is 10.4. The lowest BCUT2D eigenvalue weighted by Crippen LogP contribution is -2.34. The molecule has 2 heterocycles. The number of aliphatic hydroxyl groups is 1. The normalized spacial score (nSPS) is 34.0. The van der Waals surface area contributed by atoms with Gasteiger partial charge in [0.1, 0.15) is 17.6 Å². The van der Waals surface area contributed by atoms with Gasteiger partial charge < -0.3 is 14.8 Å². The standard InChI is InChI=1S/C15H23NO2/c1-10-9-11(10)13-6-7-14(18-13)15(17)12-5-3-2-4-8-16-12/h6-7,10-12,15-17H,2-5,8-9H2,1H3. The van der Waals surface area contributed by atoms with E-state index < -0.39 is 6.10 Å². The predicted molar refractivity (Wildman–Crippen MR) is 70.4 cm³/mol. The van der Waals surface area contributed by atoms with Gasteiger partial charge in [-0.25, -0.2) is 0 Å². The van der Waals surface area contributed by atoms with Crippen LogP contribution in [0.15, 0.2) is 16.5 Å². The predicted octanol–water partition coefficient (Wildman–Crippen LogP) is 2.97. The van der Waals surface area contributed by atoms with Gasteiger partial charge in [-0.05, 0) is 43.9 Å². The highest BCUT2D eigenvalue weighted by molar-refractivity contribution is 5.19. The van der Waals surface area contributed by atoms with Gasteiger partial charge in [0.15, 0.2) is 0 Å². The summed E-state index contributed by atoms with van der Waals surface area (Å²) in [5.41, 5.74) is 0. The van der Waals surface area contributed by atoms with Crippen molar-refractivity contribution in [3.8, 4) is 0 Å². The van der Waals surface area contributed by atoms with Crippen molar-refractivity contribution in [3.63, 3.8) is 0 Å². The summed E-state index contributed by atoms with van der Waals surface area (Å²) in [4.78, 5) is 0. The van der Waals surface area contributed by atoms with Crippen molar-refractivity contribution in [2.24, 2.45) is 5.92 Å². The maximum Gasteiger partial charge on any atom is 0.134 e. The average molecular weight is 249 g/mol. The van der Waals surface area contributed by atoms with E-state index in [0.29, 0.717) is 5.92 Å². The van der Waals surface area contributed by atoms with E-state index in [-0.39, 0.29) is 6.04 Å². The molecule has 2 aliphatic rings. The molecule has 3 rings (SSSR count). The van der Waals surface area contributed by atoms with Crippen LogP contribution in [0.2, 0.25) is 0 Å². The van der Waals surface area contributed by atoms with Crippen molar-refractivity contribution in [1.82, 2.24) is 5.32 Å². The van der Waals surface area contributed by atoms with Crippen LogP contribution < -0.4 is 5.32 Å². The molecule has 0 aromatic carbocycles. The second-order valence-electron chi connectivity index (χ2n) is 5.91. The molecule has 2 N–H and O–H groups in total. The number of rotatable bonds is 3. The molecular weight excluding hydrogens is 226 g/mol. The molecule has 1 aromatic rings. The molecule has 1 aliphatic carbocycles. The Kier molecular flexibility index (Phi) is 3.44. The average Bonchev–Trinajstić information content (AvgIpc) is 3.00.